The Morgan fingerprint density at radius 3 is 2.87 bits per heavy atom. The van der Waals surface area contributed by atoms with E-state index in [1.165, 1.54) is 0 Å². The molecule has 0 aromatic heterocycles. The first-order valence-electron chi connectivity index (χ1n) is 5.00. The number of benzene rings is 1. The van der Waals surface area contributed by atoms with E-state index in [1.807, 2.05) is 25.1 Å². The van der Waals surface area contributed by atoms with Gasteiger partial charge in [0.1, 0.15) is 5.75 Å². The van der Waals surface area contributed by atoms with Crippen molar-refractivity contribution in [3.8, 4) is 18.1 Å². The van der Waals surface area contributed by atoms with Crippen molar-refractivity contribution in [1.82, 2.24) is 0 Å². The van der Waals surface area contributed by atoms with Crippen LogP contribution in [0.3, 0.4) is 0 Å². The molecule has 1 aromatic carbocycles. The van der Waals surface area contributed by atoms with Gasteiger partial charge >= 0.3 is 0 Å². The van der Waals surface area contributed by atoms with Gasteiger partial charge in [0.2, 0.25) is 0 Å². The first-order chi connectivity index (χ1) is 7.15. The fourth-order valence-corrected chi connectivity index (χ4v) is 1.35. The third-order valence-electron chi connectivity index (χ3n) is 2.12. The van der Waals surface area contributed by atoms with Crippen molar-refractivity contribution in [3.63, 3.8) is 0 Å². The molecule has 1 atom stereocenters. The van der Waals surface area contributed by atoms with Crippen molar-refractivity contribution in [2.24, 2.45) is 0 Å². The van der Waals surface area contributed by atoms with Crippen molar-refractivity contribution in [2.75, 3.05) is 6.61 Å². The molecule has 0 spiro atoms. The van der Waals surface area contributed by atoms with Crippen LogP contribution in [0.4, 0.5) is 0 Å². The zero-order valence-electron chi connectivity index (χ0n) is 9.16. The number of hydrogen-bond donors (Lipinski definition) is 1. The number of rotatable bonds is 4. The average Bonchev–Trinajstić information content (AvgIpc) is 2.20. The minimum atomic E-state index is -0.522. The number of terminal acetylenes is 1. The molecule has 0 saturated heterocycles. The van der Waals surface area contributed by atoms with Crippen LogP contribution in [0.15, 0.2) is 18.2 Å². The second kappa shape index (κ2) is 5.43. The van der Waals surface area contributed by atoms with Crippen LogP contribution in [0.25, 0.3) is 0 Å². The van der Waals surface area contributed by atoms with E-state index in [2.05, 4.69) is 5.92 Å². The molecule has 0 amide bonds. The smallest absolute Gasteiger partial charge is 0.125 e. The van der Waals surface area contributed by atoms with Crippen molar-refractivity contribution < 1.29 is 9.84 Å². The zero-order chi connectivity index (χ0) is 11.3. The Labute approximate surface area is 90.9 Å². The van der Waals surface area contributed by atoms with Crippen LogP contribution >= 0.6 is 0 Å². The van der Waals surface area contributed by atoms with Gasteiger partial charge < -0.3 is 9.84 Å². The lowest BCUT2D eigenvalue weighted by molar-refractivity contribution is 0.191. The molecule has 1 unspecified atom stereocenters. The van der Waals surface area contributed by atoms with E-state index in [4.69, 9.17) is 11.2 Å². The Balaban J connectivity index is 2.82. The molecule has 0 radical (unpaired) electrons. The highest BCUT2D eigenvalue weighted by molar-refractivity contribution is 5.38. The van der Waals surface area contributed by atoms with E-state index in [9.17, 15) is 5.11 Å². The molecule has 0 bridgehead atoms. The summed E-state index contributed by atoms with van der Waals surface area (Å²) in [4.78, 5) is 0. The lowest BCUT2D eigenvalue weighted by Gasteiger charge is -2.13. The zero-order valence-corrected chi connectivity index (χ0v) is 9.16. The van der Waals surface area contributed by atoms with Gasteiger partial charge in [0.25, 0.3) is 0 Å². The van der Waals surface area contributed by atoms with Crippen LogP contribution in [-0.2, 0) is 0 Å². The number of aliphatic hydroxyl groups excluding tert-OH is 1. The predicted octanol–water partition coefficient (Wildman–Crippen LogP) is 2.45. The minimum absolute atomic E-state index is 0.485. The third-order valence-corrected chi connectivity index (χ3v) is 2.12. The van der Waals surface area contributed by atoms with Gasteiger partial charge in [-0.25, -0.2) is 0 Å². The standard InChI is InChI=1S/C13H16O2/c1-4-5-8-15-13-7-6-10(2)9-12(13)11(3)14/h1,6-7,9,11,14H,5,8H2,2-3H3. The van der Waals surface area contributed by atoms with E-state index >= 15 is 0 Å². The molecule has 1 N–H and O–H groups in total. The van der Waals surface area contributed by atoms with Crippen LogP contribution in [0.2, 0.25) is 0 Å². The number of aliphatic hydroxyl groups is 1. The van der Waals surface area contributed by atoms with Gasteiger partial charge in [-0.15, -0.1) is 12.3 Å². The minimum Gasteiger partial charge on any atom is -0.492 e. The quantitative estimate of drug-likeness (QED) is 0.603. The summed E-state index contributed by atoms with van der Waals surface area (Å²) in [5.41, 5.74) is 1.92. The molecule has 1 rings (SSSR count). The summed E-state index contributed by atoms with van der Waals surface area (Å²) in [5, 5.41) is 9.57. The lowest BCUT2D eigenvalue weighted by atomic mass is 10.1. The highest BCUT2D eigenvalue weighted by atomic mass is 16.5. The average molecular weight is 204 g/mol. The largest absolute Gasteiger partial charge is 0.492 e. The highest BCUT2D eigenvalue weighted by Gasteiger charge is 2.08. The molecule has 0 fully saturated rings. The maximum absolute atomic E-state index is 9.57. The third kappa shape index (κ3) is 3.30. The first-order valence-corrected chi connectivity index (χ1v) is 5.00. The van der Waals surface area contributed by atoms with Gasteiger partial charge in [0.05, 0.1) is 12.7 Å². The summed E-state index contributed by atoms with van der Waals surface area (Å²) >= 11 is 0. The first kappa shape index (κ1) is 11.6. The molecule has 2 nitrogen and oxygen atoms in total. The maximum atomic E-state index is 9.57. The Hall–Kier alpha value is -1.46. The van der Waals surface area contributed by atoms with Crippen LogP contribution in [0.1, 0.15) is 30.6 Å². The topological polar surface area (TPSA) is 29.5 Å². The SMILES string of the molecule is C#CCCOc1ccc(C)cc1C(C)O. The second-order valence-corrected chi connectivity index (χ2v) is 3.52. The predicted molar refractivity (Wildman–Crippen MR) is 60.8 cm³/mol. The van der Waals surface area contributed by atoms with Gasteiger partial charge in [-0.05, 0) is 26.0 Å². The van der Waals surface area contributed by atoms with Crippen molar-refractivity contribution in [3.05, 3.63) is 29.3 Å². The summed E-state index contributed by atoms with van der Waals surface area (Å²) in [6.07, 6.45) is 5.19. The fourth-order valence-electron chi connectivity index (χ4n) is 1.35. The summed E-state index contributed by atoms with van der Waals surface area (Å²) < 4.78 is 5.49. The number of hydrogen-bond acceptors (Lipinski definition) is 2. The molecule has 2 heteroatoms. The molecular formula is C13H16O2. The van der Waals surface area contributed by atoms with Gasteiger partial charge in [-0.2, -0.15) is 0 Å². The number of ether oxygens (including phenoxy) is 1. The van der Waals surface area contributed by atoms with Crippen LogP contribution in [-0.4, -0.2) is 11.7 Å². The lowest BCUT2D eigenvalue weighted by Crippen LogP contribution is -2.02. The Morgan fingerprint density at radius 2 is 2.27 bits per heavy atom. The molecular weight excluding hydrogens is 188 g/mol. The fraction of sp³-hybridized carbons (Fsp3) is 0.385. The molecule has 1 aromatic rings. The molecule has 0 heterocycles. The summed E-state index contributed by atoms with van der Waals surface area (Å²) in [6.45, 7) is 4.19. The maximum Gasteiger partial charge on any atom is 0.125 e. The van der Waals surface area contributed by atoms with Crippen molar-refractivity contribution in [2.45, 2.75) is 26.4 Å². The molecule has 0 saturated carbocycles. The Kier molecular flexibility index (Phi) is 4.20. The van der Waals surface area contributed by atoms with Crippen molar-refractivity contribution >= 4 is 0 Å². The van der Waals surface area contributed by atoms with Crippen LogP contribution < -0.4 is 4.74 Å². The molecule has 80 valence electrons. The molecule has 0 aliphatic carbocycles. The van der Waals surface area contributed by atoms with Crippen LogP contribution in [0, 0.1) is 19.3 Å². The van der Waals surface area contributed by atoms with E-state index in [0.29, 0.717) is 18.8 Å². The molecule has 0 aliphatic rings. The monoisotopic (exact) mass is 204 g/mol. The normalized spacial score (nSPS) is 11.9. The highest BCUT2D eigenvalue weighted by Crippen LogP contribution is 2.26. The van der Waals surface area contributed by atoms with Gasteiger partial charge in [-0.3, -0.25) is 0 Å². The summed E-state index contributed by atoms with van der Waals surface area (Å²) in [6, 6.07) is 5.75. The molecule has 0 aliphatic heterocycles. The van der Waals surface area contributed by atoms with E-state index in [0.717, 1.165) is 11.1 Å². The van der Waals surface area contributed by atoms with E-state index in [-0.39, 0.29) is 0 Å². The van der Waals surface area contributed by atoms with Crippen molar-refractivity contribution in [1.29, 1.82) is 0 Å². The summed E-state index contributed by atoms with van der Waals surface area (Å²) in [5.74, 6) is 3.22. The Morgan fingerprint density at radius 1 is 1.53 bits per heavy atom. The van der Waals surface area contributed by atoms with Gasteiger partial charge in [0.15, 0.2) is 0 Å². The van der Waals surface area contributed by atoms with Gasteiger partial charge in [0, 0.05) is 12.0 Å². The van der Waals surface area contributed by atoms with E-state index in [1.54, 1.807) is 6.92 Å². The number of aryl methyl sites for hydroxylation is 1. The summed E-state index contributed by atoms with van der Waals surface area (Å²) in [7, 11) is 0. The second-order valence-electron chi connectivity index (χ2n) is 3.52. The van der Waals surface area contributed by atoms with Gasteiger partial charge in [-0.1, -0.05) is 11.6 Å². The van der Waals surface area contributed by atoms with E-state index < -0.39 is 6.10 Å². The van der Waals surface area contributed by atoms with Crippen LogP contribution in [0.5, 0.6) is 5.75 Å². The Bertz CT molecular complexity index is 361. The molecule has 15 heavy (non-hydrogen) atoms.